The number of hydrogen-bond donors (Lipinski definition) is 1. The normalized spacial score (nSPS) is 22.7. The Balaban J connectivity index is 1.67. The van der Waals surface area contributed by atoms with Gasteiger partial charge in [-0.15, -0.1) is 0 Å². The average Bonchev–Trinajstić information content (AvgIpc) is 3.08. The first kappa shape index (κ1) is 13.4. The molecule has 1 fully saturated rings. The van der Waals surface area contributed by atoms with Crippen molar-refractivity contribution in [2.45, 2.75) is 44.8 Å². The van der Waals surface area contributed by atoms with Gasteiger partial charge in [0.2, 0.25) is 0 Å². The summed E-state index contributed by atoms with van der Waals surface area (Å²) in [6.07, 6.45) is 3.05. The maximum absolute atomic E-state index is 12.2. The molecule has 4 nitrogen and oxygen atoms in total. The van der Waals surface area contributed by atoms with Crippen LogP contribution < -0.4 is 4.74 Å². The van der Waals surface area contributed by atoms with Gasteiger partial charge in [-0.2, -0.15) is 0 Å². The van der Waals surface area contributed by atoms with Crippen molar-refractivity contribution in [2.24, 2.45) is 0 Å². The zero-order valence-corrected chi connectivity index (χ0v) is 11.8. The molecule has 0 spiro atoms. The van der Waals surface area contributed by atoms with E-state index in [9.17, 15) is 9.90 Å². The lowest BCUT2D eigenvalue weighted by Crippen LogP contribution is -2.38. The second-order valence-corrected chi connectivity index (χ2v) is 5.71. The number of carbonyl (C=O) groups excluding carboxylic acids is 1. The highest BCUT2D eigenvalue weighted by molar-refractivity contribution is 5.81. The summed E-state index contributed by atoms with van der Waals surface area (Å²) in [4.78, 5) is 14.1. The van der Waals surface area contributed by atoms with Crippen molar-refractivity contribution in [2.75, 3.05) is 13.1 Å². The molecule has 1 aromatic carbocycles. The van der Waals surface area contributed by atoms with Gasteiger partial charge in [-0.1, -0.05) is 6.07 Å². The van der Waals surface area contributed by atoms with Crippen LogP contribution in [0.5, 0.6) is 5.75 Å². The third-order valence-corrected chi connectivity index (χ3v) is 4.24. The number of aliphatic hydroxyl groups is 1. The van der Waals surface area contributed by atoms with E-state index >= 15 is 0 Å². The van der Waals surface area contributed by atoms with Crippen molar-refractivity contribution >= 4 is 5.91 Å². The van der Waals surface area contributed by atoms with Crippen LogP contribution in [-0.4, -0.2) is 35.1 Å². The molecule has 1 aliphatic heterocycles. The van der Waals surface area contributed by atoms with E-state index in [1.165, 1.54) is 0 Å². The Morgan fingerprint density at radius 2 is 2.15 bits per heavy atom. The van der Waals surface area contributed by atoms with Crippen LogP contribution in [0.1, 0.15) is 43.4 Å². The van der Waals surface area contributed by atoms with E-state index in [-0.39, 0.29) is 12.0 Å². The number of aliphatic hydroxyl groups excluding tert-OH is 1. The number of ether oxygens (including phenoxy) is 1. The van der Waals surface area contributed by atoms with Crippen LogP contribution in [0, 0.1) is 0 Å². The van der Waals surface area contributed by atoms with E-state index in [1.807, 2.05) is 30.0 Å². The lowest BCUT2D eigenvalue weighted by molar-refractivity contribution is -0.136. The first-order valence-corrected chi connectivity index (χ1v) is 7.41. The smallest absolute Gasteiger partial charge is 0.263 e. The van der Waals surface area contributed by atoms with E-state index < -0.39 is 6.10 Å². The summed E-state index contributed by atoms with van der Waals surface area (Å²) in [5.74, 6) is 0.793. The molecule has 20 heavy (non-hydrogen) atoms. The minimum absolute atomic E-state index is 0.0723. The van der Waals surface area contributed by atoms with Gasteiger partial charge < -0.3 is 14.7 Å². The molecule has 2 atom stereocenters. The van der Waals surface area contributed by atoms with Gasteiger partial charge in [-0.25, -0.2) is 0 Å². The topological polar surface area (TPSA) is 49.8 Å². The SMILES string of the molecule is CC(Oc1ccc2c(c1)CC[C@@H]2O)C(=O)N1CCCC1. The maximum atomic E-state index is 12.2. The van der Waals surface area contributed by atoms with Crippen LogP contribution in [0.4, 0.5) is 0 Å². The number of carbonyl (C=O) groups is 1. The van der Waals surface area contributed by atoms with E-state index in [4.69, 9.17) is 4.74 Å². The maximum Gasteiger partial charge on any atom is 0.263 e. The molecular formula is C16H21NO3. The van der Waals surface area contributed by atoms with Crippen molar-refractivity contribution in [3.8, 4) is 5.75 Å². The summed E-state index contributed by atoms with van der Waals surface area (Å²) in [6.45, 7) is 3.51. The minimum Gasteiger partial charge on any atom is -0.481 e. The molecule has 1 amide bonds. The van der Waals surface area contributed by atoms with Gasteiger partial charge in [0.25, 0.3) is 5.91 Å². The standard InChI is InChI=1S/C16H21NO3/c1-11(16(19)17-8-2-3-9-17)20-13-5-6-14-12(10-13)4-7-15(14)18/h5-6,10-11,15,18H,2-4,7-9H2,1H3/t11?,15-/m0/s1. The third-order valence-electron chi connectivity index (χ3n) is 4.24. The van der Waals surface area contributed by atoms with Gasteiger partial charge in [0.05, 0.1) is 6.10 Å². The number of hydrogen-bond acceptors (Lipinski definition) is 3. The van der Waals surface area contributed by atoms with Crippen molar-refractivity contribution in [3.63, 3.8) is 0 Å². The van der Waals surface area contributed by atoms with Crippen LogP contribution in [0.3, 0.4) is 0 Å². The van der Waals surface area contributed by atoms with Crippen LogP contribution in [0.15, 0.2) is 18.2 Å². The highest BCUT2D eigenvalue weighted by atomic mass is 16.5. The molecule has 4 heteroatoms. The van der Waals surface area contributed by atoms with Gasteiger partial charge in [-0.3, -0.25) is 4.79 Å². The van der Waals surface area contributed by atoms with Crippen molar-refractivity contribution in [3.05, 3.63) is 29.3 Å². The zero-order valence-electron chi connectivity index (χ0n) is 11.8. The van der Waals surface area contributed by atoms with Crippen LogP contribution in [0.25, 0.3) is 0 Å². The van der Waals surface area contributed by atoms with Crippen molar-refractivity contribution in [1.29, 1.82) is 0 Å². The summed E-state index contributed by atoms with van der Waals surface area (Å²) >= 11 is 0. The Kier molecular flexibility index (Phi) is 3.66. The molecule has 2 aliphatic rings. The molecule has 0 aromatic heterocycles. The lowest BCUT2D eigenvalue weighted by Gasteiger charge is -2.21. The number of amides is 1. The van der Waals surface area contributed by atoms with Gasteiger partial charge in [0.15, 0.2) is 6.10 Å². The number of nitrogens with zero attached hydrogens (tertiary/aromatic N) is 1. The zero-order chi connectivity index (χ0) is 14.1. The molecule has 0 radical (unpaired) electrons. The molecule has 0 saturated carbocycles. The van der Waals surface area contributed by atoms with E-state index in [2.05, 4.69) is 0 Å². The third kappa shape index (κ3) is 2.52. The second-order valence-electron chi connectivity index (χ2n) is 5.71. The summed E-state index contributed by atoms with van der Waals surface area (Å²) in [7, 11) is 0. The highest BCUT2D eigenvalue weighted by Gasteiger charge is 2.25. The van der Waals surface area contributed by atoms with Crippen LogP contribution in [0.2, 0.25) is 0 Å². The van der Waals surface area contributed by atoms with Gasteiger partial charge in [0, 0.05) is 13.1 Å². The molecule has 108 valence electrons. The number of aryl methyl sites for hydroxylation is 1. The van der Waals surface area contributed by atoms with Crippen molar-refractivity contribution in [1.82, 2.24) is 4.90 Å². The monoisotopic (exact) mass is 275 g/mol. The predicted molar refractivity (Wildman–Crippen MR) is 75.6 cm³/mol. The minimum atomic E-state index is -0.447. The largest absolute Gasteiger partial charge is 0.481 e. The molecule has 1 N–H and O–H groups in total. The van der Waals surface area contributed by atoms with Crippen molar-refractivity contribution < 1.29 is 14.6 Å². The number of likely N-dealkylation sites (tertiary alicyclic amines) is 1. The fraction of sp³-hybridized carbons (Fsp3) is 0.562. The average molecular weight is 275 g/mol. The molecule has 1 aromatic rings. The molecule has 1 unspecified atom stereocenters. The molecule has 1 heterocycles. The molecule has 0 bridgehead atoms. The summed E-state index contributed by atoms with van der Waals surface area (Å²) in [5, 5.41) is 9.78. The second kappa shape index (κ2) is 5.44. The van der Waals surface area contributed by atoms with E-state index in [0.717, 1.165) is 55.6 Å². The molecule has 1 saturated heterocycles. The number of benzene rings is 1. The first-order chi connectivity index (χ1) is 9.65. The molecule has 3 rings (SSSR count). The Morgan fingerprint density at radius 3 is 2.90 bits per heavy atom. The Bertz CT molecular complexity index is 508. The van der Waals surface area contributed by atoms with Gasteiger partial charge in [0.1, 0.15) is 5.75 Å². The summed E-state index contributed by atoms with van der Waals surface area (Å²) in [6, 6.07) is 5.72. The molecule has 1 aliphatic carbocycles. The predicted octanol–water partition coefficient (Wildman–Crippen LogP) is 2.06. The summed E-state index contributed by atoms with van der Waals surface area (Å²) < 4.78 is 5.78. The van der Waals surface area contributed by atoms with E-state index in [0.29, 0.717) is 0 Å². The quantitative estimate of drug-likeness (QED) is 0.918. The summed E-state index contributed by atoms with van der Waals surface area (Å²) in [5.41, 5.74) is 2.13. The Labute approximate surface area is 119 Å². The van der Waals surface area contributed by atoms with E-state index in [1.54, 1.807) is 0 Å². The van der Waals surface area contributed by atoms with Crippen LogP contribution in [-0.2, 0) is 11.2 Å². The highest BCUT2D eigenvalue weighted by Crippen LogP contribution is 2.33. The Hall–Kier alpha value is -1.55. The number of fused-ring (bicyclic) bond motifs is 1. The fourth-order valence-electron chi connectivity index (χ4n) is 3.09. The number of rotatable bonds is 3. The van der Waals surface area contributed by atoms with Gasteiger partial charge >= 0.3 is 0 Å². The van der Waals surface area contributed by atoms with Gasteiger partial charge in [-0.05, 0) is 55.9 Å². The van der Waals surface area contributed by atoms with Crippen LogP contribution >= 0.6 is 0 Å². The first-order valence-electron chi connectivity index (χ1n) is 7.41. The fourth-order valence-corrected chi connectivity index (χ4v) is 3.09. The molecular weight excluding hydrogens is 254 g/mol. The lowest BCUT2D eigenvalue weighted by atomic mass is 10.1. The Morgan fingerprint density at radius 1 is 1.40 bits per heavy atom.